The molecule has 0 aromatic heterocycles. The maximum absolute atomic E-state index is 12.6. The van der Waals surface area contributed by atoms with Crippen LogP contribution < -0.4 is 5.32 Å². The Labute approximate surface area is 176 Å². The molecule has 10 heteroatoms. The average molecular weight is 443 g/mol. The van der Waals surface area contributed by atoms with Gasteiger partial charge in [0.05, 0.1) is 31.9 Å². The number of nitrogens with one attached hydrogen (secondary N) is 1. The fourth-order valence-corrected chi connectivity index (χ4v) is 4.41. The van der Waals surface area contributed by atoms with Crippen molar-refractivity contribution in [3.8, 4) is 0 Å². The highest BCUT2D eigenvalue weighted by Gasteiger charge is 2.27. The standard InChI is InChI=1S/C20H30NO8P/c1-5-27-20(25)14(4)12-17(19(23)24)21-18(22)16-10-8-15(9-11-16)13-30(26,28-6-2)29-7-3/h8-11,14,17H,5-7,12-13H2,1-4H3,(H,21,22)(H,23,24)/t14-,17-/m1/s1. The molecule has 2 atom stereocenters. The molecule has 1 amide bonds. The van der Waals surface area contributed by atoms with Crippen LogP contribution in [-0.4, -0.2) is 48.8 Å². The molecule has 168 valence electrons. The fourth-order valence-electron chi connectivity index (χ4n) is 2.70. The van der Waals surface area contributed by atoms with Crippen LogP contribution in [0.3, 0.4) is 0 Å². The first kappa shape index (κ1) is 25.8. The molecule has 0 aliphatic carbocycles. The zero-order chi connectivity index (χ0) is 22.7. The molecule has 1 aromatic rings. The summed E-state index contributed by atoms with van der Waals surface area (Å²) in [6.07, 6.45) is -0.0325. The van der Waals surface area contributed by atoms with Gasteiger partial charge in [0.25, 0.3) is 5.91 Å². The van der Waals surface area contributed by atoms with Crippen LogP contribution >= 0.6 is 7.60 Å². The number of amides is 1. The van der Waals surface area contributed by atoms with Crippen LogP contribution in [0.2, 0.25) is 0 Å². The predicted molar refractivity (Wildman–Crippen MR) is 110 cm³/mol. The lowest BCUT2D eigenvalue weighted by atomic mass is 10.0. The van der Waals surface area contributed by atoms with Crippen LogP contribution in [0, 0.1) is 5.92 Å². The van der Waals surface area contributed by atoms with Gasteiger partial charge in [0.1, 0.15) is 6.04 Å². The van der Waals surface area contributed by atoms with Gasteiger partial charge in [-0.3, -0.25) is 14.2 Å². The van der Waals surface area contributed by atoms with Crippen molar-refractivity contribution in [3.63, 3.8) is 0 Å². The SMILES string of the molecule is CCOC(=O)[C@H](C)C[C@@H](NC(=O)c1ccc(CP(=O)(OCC)OCC)cc1)C(=O)O. The molecule has 0 heterocycles. The van der Waals surface area contributed by atoms with Crippen molar-refractivity contribution in [2.24, 2.45) is 5.92 Å². The first-order chi connectivity index (χ1) is 14.2. The van der Waals surface area contributed by atoms with E-state index < -0.39 is 37.4 Å². The van der Waals surface area contributed by atoms with Gasteiger partial charge in [0.15, 0.2) is 0 Å². The van der Waals surface area contributed by atoms with Crippen LogP contribution in [0.5, 0.6) is 0 Å². The third kappa shape index (κ3) is 8.26. The molecule has 2 N–H and O–H groups in total. The van der Waals surface area contributed by atoms with E-state index in [1.54, 1.807) is 39.8 Å². The highest BCUT2D eigenvalue weighted by Crippen LogP contribution is 2.51. The van der Waals surface area contributed by atoms with Crippen LogP contribution in [0.1, 0.15) is 50.0 Å². The van der Waals surface area contributed by atoms with E-state index in [0.717, 1.165) is 0 Å². The summed E-state index contributed by atoms with van der Waals surface area (Å²) in [7, 11) is -3.27. The normalized spacial score (nSPS) is 13.3. The van der Waals surface area contributed by atoms with Crippen LogP contribution in [0.4, 0.5) is 0 Å². The van der Waals surface area contributed by atoms with E-state index in [4.69, 9.17) is 13.8 Å². The summed E-state index contributed by atoms with van der Waals surface area (Å²) < 4.78 is 28.0. The van der Waals surface area contributed by atoms with Crippen LogP contribution in [0.25, 0.3) is 0 Å². The van der Waals surface area contributed by atoms with E-state index in [9.17, 15) is 24.1 Å². The number of hydrogen-bond donors (Lipinski definition) is 2. The minimum absolute atomic E-state index is 0.0609. The van der Waals surface area contributed by atoms with E-state index in [1.165, 1.54) is 12.1 Å². The van der Waals surface area contributed by atoms with Crippen LogP contribution in [-0.2, 0) is 34.1 Å². The number of carboxylic acid groups (broad SMARTS) is 1. The van der Waals surface area contributed by atoms with Crippen LogP contribution in [0.15, 0.2) is 24.3 Å². The van der Waals surface area contributed by atoms with E-state index in [1.807, 2.05) is 0 Å². The molecule has 0 radical (unpaired) electrons. The van der Waals surface area contributed by atoms with Gasteiger partial charge in [-0.15, -0.1) is 0 Å². The number of ether oxygens (including phenoxy) is 1. The lowest BCUT2D eigenvalue weighted by molar-refractivity contribution is -0.148. The Morgan fingerprint density at radius 2 is 1.60 bits per heavy atom. The summed E-state index contributed by atoms with van der Waals surface area (Å²) in [6, 6.07) is 4.97. The minimum atomic E-state index is -3.27. The summed E-state index contributed by atoms with van der Waals surface area (Å²) in [4.78, 5) is 35.7. The van der Waals surface area contributed by atoms with Gasteiger partial charge in [0.2, 0.25) is 0 Å². The highest BCUT2D eigenvalue weighted by molar-refractivity contribution is 7.53. The Hall–Kier alpha value is -2.22. The fraction of sp³-hybridized carbons (Fsp3) is 0.550. The number of carbonyl (C=O) groups is 3. The Morgan fingerprint density at radius 1 is 1.03 bits per heavy atom. The number of carboxylic acids is 1. The van der Waals surface area contributed by atoms with Crippen molar-refractivity contribution in [1.29, 1.82) is 0 Å². The Bertz CT molecular complexity index is 755. The van der Waals surface area contributed by atoms with Crippen molar-refractivity contribution in [1.82, 2.24) is 5.32 Å². The van der Waals surface area contributed by atoms with Gasteiger partial charge in [-0.05, 0) is 44.9 Å². The number of benzene rings is 1. The summed E-state index contributed by atoms with van der Waals surface area (Å²) in [5.74, 6) is -3.04. The summed E-state index contributed by atoms with van der Waals surface area (Å²) >= 11 is 0. The summed E-state index contributed by atoms with van der Waals surface area (Å²) in [5, 5.41) is 11.8. The number of carbonyl (C=O) groups excluding carboxylic acids is 2. The van der Waals surface area contributed by atoms with E-state index >= 15 is 0 Å². The van der Waals surface area contributed by atoms with Gasteiger partial charge in [0, 0.05) is 5.56 Å². The van der Waals surface area contributed by atoms with Gasteiger partial charge in [-0.1, -0.05) is 19.1 Å². The van der Waals surface area contributed by atoms with Crippen molar-refractivity contribution in [3.05, 3.63) is 35.4 Å². The maximum Gasteiger partial charge on any atom is 0.335 e. The Kier molecular flexibility index (Phi) is 10.7. The summed E-state index contributed by atoms with van der Waals surface area (Å²) in [5.41, 5.74) is 0.888. The quantitative estimate of drug-likeness (QED) is 0.351. The number of aliphatic carboxylic acids is 1. The third-order valence-corrected chi connectivity index (χ3v) is 6.18. The van der Waals surface area contributed by atoms with Crippen molar-refractivity contribution in [2.45, 2.75) is 46.3 Å². The molecule has 0 fully saturated rings. The van der Waals surface area contributed by atoms with Gasteiger partial charge in [-0.2, -0.15) is 0 Å². The van der Waals surface area contributed by atoms with Crippen molar-refractivity contribution < 1.29 is 37.8 Å². The molecular formula is C20H30NO8P. The molecule has 0 aliphatic heterocycles. The smallest absolute Gasteiger partial charge is 0.335 e. The molecule has 9 nitrogen and oxygen atoms in total. The predicted octanol–water partition coefficient (Wildman–Crippen LogP) is 3.23. The second-order valence-electron chi connectivity index (χ2n) is 6.55. The molecule has 0 spiro atoms. The monoisotopic (exact) mass is 443 g/mol. The Morgan fingerprint density at radius 3 is 2.07 bits per heavy atom. The molecule has 0 unspecified atom stereocenters. The first-order valence-corrected chi connectivity index (χ1v) is 11.6. The second-order valence-corrected chi connectivity index (χ2v) is 8.61. The third-order valence-electron chi connectivity index (χ3n) is 4.13. The van der Waals surface area contributed by atoms with Crippen molar-refractivity contribution in [2.75, 3.05) is 19.8 Å². The molecule has 0 aliphatic rings. The zero-order valence-electron chi connectivity index (χ0n) is 17.8. The summed E-state index contributed by atoms with van der Waals surface area (Å²) in [6.45, 7) is 7.34. The molecular weight excluding hydrogens is 413 g/mol. The number of esters is 1. The molecule has 30 heavy (non-hydrogen) atoms. The molecule has 0 saturated heterocycles. The lowest BCUT2D eigenvalue weighted by Gasteiger charge is -2.18. The largest absolute Gasteiger partial charge is 0.480 e. The van der Waals surface area contributed by atoms with E-state index in [-0.39, 0.29) is 38.0 Å². The molecule has 0 bridgehead atoms. The van der Waals surface area contributed by atoms with E-state index in [0.29, 0.717) is 5.56 Å². The maximum atomic E-state index is 12.6. The minimum Gasteiger partial charge on any atom is -0.480 e. The molecule has 0 saturated carbocycles. The first-order valence-electron chi connectivity index (χ1n) is 9.83. The number of rotatable bonds is 13. The van der Waals surface area contributed by atoms with Gasteiger partial charge >= 0.3 is 19.5 Å². The Balaban J connectivity index is 2.81. The zero-order valence-corrected chi connectivity index (χ0v) is 18.6. The van der Waals surface area contributed by atoms with Gasteiger partial charge < -0.3 is 24.2 Å². The molecule has 1 rings (SSSR count). The second kappa shape index (κ2) is 12.5. The van der Waals surface area contributed by atoms with Gasteiger partial charge in [-0.25, -0.2) is 4.79 Å². The highest BCUT2D eigenvalue weighted by atomic mass is 31.2. The number of hydrogen-bond acceptors (Lipinski definition) is 7. The topological polar surface area (TPSA) is 128 Å². The van der Waals surface area contributed by atoms with Crippen molar-refractivity contribution >= 4 is 25.4 Å². The lowest BCUT2D eigenvalue weighted by Crippen LogP contribution is -2.42. The molecule has 1 aromatic carbocycles. The van der Waals surface area contributed by atoms with E-state index in [2.05, 4.69) is 5.32 Å². The average Bonchev–Trinajstić information content (AvgIpc) is 2.68.